The van der Waals surface area contributed by atoms with Gasteiger partial charge < -0.3 is 15.7 Å². The van der Waals surface area contributed by atoms with Gasteiger partial charge in [0.1, 0.15) is 6.04 Å². The maximum absolute atomic E-state index is 10.8. The van der Waals surface area contributed by atoms with Crippen molar-refractivity contribution in [1.29, 1.82) is 0 Å². The van der Waals surface area contributed by atoms with E-state index in [1.807, 2.05) is 17.3 Å². The van der Waals surface area contributed by atoms with E-state index in [9.17, 15) is 4.79 Å². The van der Waals surface area contributed by atoms with Crippen LogP contribution in [0.2, 0.25) is 0 Å². The third kappa shape index (κ3) is 2.84. The highest BCUT2D eigenvalue weighted by Gasteiger charge is 2.18. The van der Waals surface area contributed by atoms with E-state index in [0.29, 0.717) is 12.2 Å². The number of hydrogen-bond donors (Lipinski definition) is 2. The zero-order valence-electron chi connectivity index (χ0n) is 9.61. The summed E-state index contributed by atoms with van der Waals surface area (Å²) in [5, 5.41) is 13.2. The van der Waals surface area contributed by atoms with Gasteiger partial charge in [0.05, 0.1) is 23.4 Å². The number of nitrogens with zero attached hydrogens (tertiary/aromatic N) is 3. The molecule has 2 aromatic heterocycles. The van der Waals surface area contributed by atoms with E-state index in [0.717, 1.165) is 10.8 Å². The molecule has 0 aliphatic carbocycles. The molecule has 0 saturated carbocycles. The summed E-state index contributed by atoms with van der Waals surface area (Å²) in [5.41, 5.74) is 8.62. The molecular formula is C10H12N4O2S2. The molecule has 0 amide bonds. The fourth-order valence-corrected chi connectivity index (χ4v) is 2.72. The molecule has 1 atom stereocenters. The summed E-state index contributed by atoms with van der Waals surface area (Å²) in [7, 11) is 1.88. The molecule has 0 aromatic carbocycles. The van der Waals surface area contributed by atoms with Crippen molar-refractivity contribution >= 4 is 33.8 Å². The van der Waals surface area contributed by atoms with Gasteiger partial charge in [0.25, 0.3) is 0 Å². The highest BCUT2D eigenvalue weighted by Crippen LogP contribution is 2.23. The van der Waals surface area contributed by atoms with E-state index in [2.05, 4.69) is 9.97 Å². The summed E-state index contributed by atoms with van der Waals surface area (Å²) in [4.78, 5) is 21.1. The lowest BCUT2D eigenvalue weighted by atomic mass is 10.2. The van der Waals surface area contributed by atoms with Gasteiger partial charge in [-0.1, -0.05) is 0 Å². The first-order valence-corrected chi connectivity index (χ1v) is 6.92. The average Bonchev–Trinajstić information content (AvgIpc) is 2.97. The number of aliphatic carboxylic acids is 1. The van der Waals surface area contributed by atoms with Crippen molar-refractivity contribution in [2.24, 2.45) is 5.73 Å². The van der Waals surface area contributed by atoms with Crippen LogP contribution in [0.5, 0.6) is 0 Å². The van der Waals surface area contributed by atoms with Crippen LogP contribution in [-0.2, 0) is 11.3 Å². The standard InChI is InChI=1S/C10H12N4O2S2/c1-14(2-6-3-17-5-12-6)10-13-7(4-18-10)8(11)9(15)16/h3-5,8H,2,11H2,1H3,(H,15,16). The lowest BCUT2D eigenvalue weighted by Gasteiger charge is -2.13. The Morgan fingerprint density at radius 3 is 3.00 bits per heavy atom. The van der Waals surface area contributed by atoms with Gasteiger partial charge in [-0.05, 0) is 0 Å². The topological polar surface area (TPSA) is 92.3 Å². The molecule has 2 rings (SSSR count). The Kier molecular flexibility index (Phi) is 3.90. The molecule has 2 aromatic rings. The van der Waals surface area contributed by atoms with Crippen molar-refractivity contribution in [2.75, 3.05) is 11.9 Å². The molecule has 8 heteroatoms. The Morgan fingerprint density at radius 2 is 2.39 bits per heavy atom. The number of anilines is 1. The van der Waals surface area contributed by atoms with Crippen molar-refractivity contribution in [3.63, 3.8) is 0 Å². The number of nitrogens with two attached hydrogens (primary N) is 1. The number of thiazole rings is 2. The molecular weight excluding hydrogens is 272 g/mol. The first-order chi connectivity index (χ1) is 8.58. The Bertz CT molecular complexity index is 526. The number of carboxylic acids is 1. The minimum absolute atomic E-state index is 0.382. The Hall–Kier alpha value is -1.51. The Balaban J connectivity index is 2.07. The number of aromatic nitrogens is 2. The molecule has 0 radical (unpaired) electrons. The number of carboxylic acid groups (broad SMARTS) is 1. The predicted octanol–water partition coefficient (Wildman–Crippen LogP) is 1.32. The smallest absolute Gasteiger partial charge is 0.326 e. The molecule has 0 aliphatic rings. The number of hydrogen-bond acceptors (Lipinski definition) is 7. The largest absolute Gasteiger partial charge is 0.480 e. The summed E-state index contributed by atoms with van der Waals surface area (Å²) in [6.45, 7) is 0.638. The fourth-order valence-electron chi connectivity index (χ4n) is 1.35. The van der Waals surface area contributed by atoms with Crippen LogP contribution in [0.25, 0.3) is 0 Å². The van der Waals surface area contributed by atoms with Crippen LogP contribution in [0.1, 0.15) is 17.4 Å². The van der Waals surface area contributed by atoms with Crippen molar-refractivity contribution in [1.82, 2.24) is 9.97 Å². The first kappa shape index (κ1) is 12.9. The third-order valence-electron chi connectivity index (χ3n) is 2.30. The minimum atomic E-state index is -1.07. The zero-order valence-corrected chi connectivity index (χ0v) is 11.2. The van der Waals surface area contributed by atoms with Crippen LogP contribution < -0.4 is 10.6 Å². The highest BCUT2D eigenvalue weighted by molar-refractivity contribution is 7.13. The van der Waals surface area contributed by atoms with Gasteiger partial charge in [0, 0.05) is 17.8 Å². The summed E-state index contributed by atoms with van der Waals surface area (Å²) in [6.07, 6.45) is 0. The SMILES string of the molecule is CN(Cc1cscn1)c1nc(C(N)C(=O)O)cs1. The maximum atomic E-state index is 10.8. The lowest BCUT2D eigenvalue weighted by Crippen LogP contribution is -2.21. The van der Waals surface area contributed by atoms with Crippen molar-refractivity contribution in [2.45, 2.75) is 12.6 Å². The van der Waals surface area contributed by atoms with Crippen LogP contribution >= 0.6 is 22.7 Å². The number of rotatable bonds is 5. The molecule has 6 nitrogen and oxygen atoms in total. The minimum Gasteiger partial charge on any atom is -0.480 e. The zero-order chi connectivity index (χ0) is 13.1. The molecule has 3 N–H and O–H groups in total. The van der Waals surface area contributed by atoms with Gasteiger partial charge in [-0.3, -0.25) is 4.79 Å². The van der Waals surface area contributed by atoms with Crippen LogP contribution in [0.4, 0.5) is 5.13 Å². The van der Waals surface area contributed by atoms with E-state index in [-0.39, 0.29) is 0 Å². The van der Waals surface area contributed by atoms with Crippen LogP contribution in [0.3, 0.4) is 0 Å². The maximum Gasteiger partial charge on any atom is 0.326 e. The summed E-state index contributed by atoms with van der Waals surface area (Å²) >= 11 is 2.91. The molecule has 2 heterocycles. The van der Waals surface area contributed by atoms with Gasteiger partial charge >= 0.3 is 5.97 Å². The van der Waals surface area contributed by atoms with E-state index in [4.69, 9.17) is 10.8 Å². The summed E-state index contributed by atoms with van der Waals surface area (Å²) in [6, 6.07) is -1.07. The molecule has 0 aliphatic heterocycles. The fraction of sp³-hybridized carbons (Fsp3) is 0.300. The van der Waals surface area contributed by atoms with Crippen LogP contribution in [-0.4, -0.2) is 28.1 Å². The normalized spacial score (nSPS) is 12.3. The highest BCUT2D eigenvalue weighted by atomic mass is 32.1. The first-order valence-electron chi connectivity index (χ1n) is 5.10. The second kappa shape index (κ2) is 5.42. The van der Waals surface area contributed by atoms with E-state index < -0.39 is 12.0 Å². The molecule has 96 valence electrons. The predicted molar refractivity (Wildman–Crippen MR) is 70.9 cm³/mol. The summed E-state index contributed by atoms with van der Waals surface area (Å²) < 4.78 is 0. The molecule has 0 fully saturated rings. The molecule has 1 unspecified atom stereocenters. The monoisotopic (exact) mass is 284 g/mol. The second-order valence-electron chi connectivity index (χ2n) is 3.71. The van der Waals surface area contributed by atoms with Gasteiger partial charge in [0.15, 0.2) is 5.13 Å². The van der Waals surface area contributed by atoms with Gasteiger partial charge in [-0.2, -0.15) is 0 Å². The van der Waals surface area contributed by atoms with E-state index in [1.54, 1.807) is 10.9 Å². The molecule has 0 spiro atoms. The van der Waals surface area contributed by atoms with Crippen LogP contribution in [0, 0.1) is 0 Å². The van der Waals surface area contributed by atoms with E-state index in [1.165, 1.54) is 22.7 Å². The van der Waals surface area contributed by atoms with Crippen molar-refractivity contribution < 1.29 is 9.90 Å². The van der Waals surface area contributed by atoms with Gasteiger partial charge in [0.2, 0.25) is 0 Å². The van der Waals surface area contributed by atoms with Crippen LogP contribution in [0.15, 0.2) is 16.3 Å². The van der Waals surface area contributed by atoms with Gasteiger partial charge in [-0.15, -0.1) is 22.7 Å². The third-order valence-corrected chi connectivity index (χ3v) is 3.91. The number of carbonyl (C=O) groups is 1. The molecule has 0 saturated heterocycles. The average molecular weight is 284 g/mol. The van der Waals surface area contributed by atoms with E-state index >= 15 is 0 Å². The summed E-state index contributed by atoms with van der Waals surface area (Å²) in [5.74, 6) is -1.07. The molecule has 18 heavy (non-hydrogen) atoms. The Morgan fingerprint density at radius 1 is 1.61 bits per heavy atom. The lowest BCUT2D eigenvalue weighted by molar-refractivity contribution is -0.138. The second-order valence-corrected chi connectivity index (χ2v) is 5.26. The Labute approximate surface area is 112 Å². The van der Waals surface area contributed by atoms with Crippen molar-refractivity contribution in [3.05, 3.63) is 27.7 Å². The van der Waals surface area contributed by atoms with Crippen molar-refractivity contribution in [3.8, 4) is 0 Å². The molecule has 0 bridgehead atoms. The quantitative estimate of drug-likeness (QED) is 0.860. The van der Waals surface area contributed by atoms with Gasteiger partial charge in [-0.25, -0.2) is 9.97 Å².